The molecule has 0 fully saturated rings. The predicted molar refractivity (Wildman–Crippen MR) is 131 cm³/mol. The lowest BCUT2D eigenvalue weighted by molar-refractivity contribution is 0.0659. The molecule has 0 radical (unpaired) electrons. The van der Waals surface area contributed by atoms with Crippen LogP contribution in [0, 0.1) is 6.92 Å². The SMILES string of the molecule is COc1ccc(CC2c3cc(OC)c(OC)cc3CCN2C(=O)c2ccc(C)cc2)cc1OC. The standard InChI is InChI=1S/C28H31NO5/c1-18-6-9-20(10-7-18)28(30)29-13-12-21-16-26(33-4)27(34-5)17-22(21)23(29)14-19-8-11-24(31-2)25(15-19)32-3/h6-11,15-17,23H,12-14H2,1-5H3. The Morgan fingerprint density at radius 1 is 0.824 bits per heavy atom. The van der Waals surface area contributed by atoms with Crippen molar-refractivity contribution >= 4 is 5.91 Å². The molecule has 0 N–H and O–H groups in total. The largest absolute Gasteiger partial charge is 0.493 e. The molecule has 1 aliphatic rings. The molecule has 3 aromatic carbocycles. The highest BCUT2D eigenvalue weighted by Crippen LogP contribution is 2.40. The molecule has 1 unspecified atom stereocenters. The van der Waals surface area contributed by atoms with E-state index in [-0.39, 0.29) is 11.9 Å². The molecule has 4 rings (SSSR count). The number of fused-ring (bicyclic) bond motifs is 1. The minimum atomic E-state index is -0.171. The van der Waals surface area contributed by atoms with Gasteiger partial charge < -0.3 is 23.8 Å². The molecule has 0 saturated heterocycles. The van der Waals surface area contributed by atoms with Crippen LogP contribution in [-0.4, -0.2) is 45.8 Å². The number of hydrogen-bond acceptors (Lipinski definition) is 5. The molecule has 0 bridgehead atoms. The molecule has 1 aliphatic heterocycles. The molecular weight excluding hydrogens is 430 g/mol. The van der Waals surface area contributed by atoms with Crippen LogP contribution in [0.15, 0.2) is 54.6 Å². The minimum Gasteiger partial charge on any atom is -0.493 e. The number of methoxy groups -OCH3 is 4. The molecule has 34 heavy (non-hydrogen) atoms. The number of rotatable bonds is 7. The Bertz CT molecular complexity index is 1170. The molecule has 0 aromatic heterocycles. The molecule has 0 saturated carbocycles. The summed E-state index contributed by atoms with van der Waals surface area (Å²) < 4.78 is 22.0. The van der Waals surface area contributed by atoms with Crippen molar-refractivity contribution in [3.63, 3.8) is 0 Å². The Labute approximate surface area is 201 Å². The predicted octanol–water partition coefficient (Wildman–Crippen LogP) is 5.01. The van der Waals surface area contributed by atoms with Crippen molar-refractivity contribution in [3.8, 4) is 23.0 Å². The fourth-order valence-corrected chi connectivity index (χ4v) is 4.58. The number of benzene rings is 3. The molecule has 0 spiro atoms. The van der Waals surface area contributed by atoms with E-state index < -0.39 is 0 Å². The average Bonchev–Trinajstić information content (AvgIpc) is 2.87. The first-order chi connectivity index (χ1) is 16.5. The molecule has 3 aromatic rings. The third-order valence-corrected chi connectivity index (χ3v) is 6.44. The molecule has 1 amide bonds. The molecule has 178 valence electrons. The van der Waals surface area contributed by atoms with Gasteiger partial charge in [0.2, 0.25) is 0 Å². The quantitative estimate of drug-likeness (QED) is 0.495. The van der Waals surface area contributed by atoms with E-state index in [2.05, 4.69) is 0 Å². The van der Waals surface area contributed by atoms with E-state index in [0.29, 0.717) is 41.5 Å². The van der Waals surface area contributed by atoms with E-state index in [0.717, 1.165) is 28.7 Å². The number of hydrogen-bond donors (Lipinski definition) is 0. The van der Waals surface area contributed by atoms with Gasteiger partial charge in [0, 0.05) is 12.1 Å². The van der Waals surface area contributed by atoms with Crippen LogP contribution >= 0.6 is 0 Å². The second-order valence-corrected chi connectivity index (χ2v) is 8.43. The van der Waals surface area contributed by atoms with E-state index in [1.807, 2.05) is 66.4 Å². The van der Waals surface area contributed by atoms with E-state index in [9.17, 15) is 4.79 Å². The maximum absolute atomic E-state index is 13.6. The highest BCUT2D eigenvalue weighted by atomic mass is 16.5. The van der Waals surface area contributed by atoms with Crippen molar-refractivity contribution in [2.24, 2.45) is 0 Å². The maximum Gasteiger partial charge on any atom is 0.254 e. The second kappa shape index (κ2) is 10.1. The maximum atomic E-state index is 13.6. The lowest BCUT2D eigenvalue weighted by atomic mass is 9.87. The van der Waals surface area contributed by atoms with Gasteiger partial charge >= 0.3 is 0 Å². The zero-order valence-electron chi connectivity index (χ0n) is 20.4. The van der Waals surface area contributed by atoms with Crippen molar-refractivity contribution in [2.45, 2.75) is 25.8 Å². The Morgan fingerprint density at radius 3 is 2.09 bits per heavy atom. The molecule has 1 heterocycles. The fourth-order valence-electron chi connectivity index (χ4n) is 4.58. The number of carbonyl (C=O) groups excluding carboxylic acids is 1. The van der Waals surface area contributed by atoms with Crippen LogP contribution in [0.5, 0.6) is 23.0 Å². The Morgan fingerprint density at radius 2 is 1.44 bits per heavy atom. The van der Waals surface area contributed by atoms with E-state index >= 15 is 0 Å². The van der Waals surface area contributed by atoms with Crippen LogP contribution in [0.3, 0.4) is 0 Å². The number of ether oxygens (including phenoxy) is 4. The Kier molecular flexibility index (Phi) is 6.96. The van der Waals surface area contributed by atoms with Crippen LogP contribution in [0.2, 0.25) is 0 Å². The summed E-state index contributed by atoms with van der Waals surface area (Å²) in [5.74, 6) is 2.72. The van der Waals surface area contributed by atoms with Gasteiger partial charge in [0.05, 0.1) is 34.5 Å². The molecule has 6 heteroatoms. The zero-order chi connectivity index (χ0) is 24.2. The van der Waals surface area contributed by atoms with Gasteiger partial charge in [-0.15, -0.1) is 0 Å². The van der Waals surface area contributed by atoms with Crippen LogP contribution in [-0.2, 0) is 12.8 Å². The smallest absolute Gasteiger partial charge is 0.254 e. The van der Waals surface area contributed by atoms with Crippen LogP contribution in [0.25, 0.3) is 0 Å². The first-order valence-electron chi connectivity index (χ1n) is 11.3. The lowest BCUT2D eigenvalue weighted by Crippen LogP contribution is -2.41. The van der Waals surface area contributed by atoms with Crippen LogP contribution in [0.1, 0.15) is 38.7 Å². The highest BCUT2D eigenvalue weighted by molar-refractivity contribution is 5.94. The van der Waals surface area contributed by atoms with E-state index in [4.69, 9.17) is 18.9 Å². The van der Waals surface area contributed by atoms with Gasteiger partial charge in [-0.05, 0) is 72.9 Å². The summed E-state index contributed by atoms with van der Waals surface area (Å²) in [6.45, 7) is 2.64. The van der Waals surface area contributed by atoms with Crippen molar-refractivity contribution in [2.75, 3.05) is 35.0 Å². The number of aryl methyl sites for hydroxylation is 1. The summed E-state index contributed by atoms with van der Waals surface area (Å²) in [5.41, 5.74) is 5.09. The lowest BCUT2D eigenvalue weighted by Gasteiger charge is -2.38. The number of carbonyl (C=O) groups is 1. The van der Waals surface area contributed by atoms with Gasteiger partial charge in [-0.2, -0.15) is 0 Å². The Hall–Kier alpha value is -3.67. The van der Waals surface area contributed by atoms with Gasteiger partial charge in [-0.3, -0.25) is 4.79 Å². The summed E-state index contributed by atoms with van der Waals surface area (Å²) >= 11 is 0. The molecular formula is C28H31NO5. The van der Waals surface area contributed by atoms with Crippen LogP contribution < -0.4 is 18.9 Å². The fraction of sp³-hybridized carbons (Fsp3) is 0.321. The molecule has 6 nitrogen and oxygen atoms in total. The first kappa shape index (κ1) is 23.5. The zero-order valence-corrected chi connectivity index (χ0v) is 20.4. The number of nitrogens with zero attached hydrogens (tertiary/aromatic N) is 1. The van der Waals surface area contributed by atoms with Crippen LogP contribution in [0.4, 0.5) is 0 Å². The van der Waals surface area contributed by atoms with Gasteiger partial charge in [-0.1, -0.05) is 23.8 Å². The van der Waals surface area contributed by atoms with Gasteiger partial charge in [0.15, 0.2) is 23.0 Å². The summed E-state index contributed by atoms with van der Waals surface area (Å²) in [7, 11) is 6.52. The molecule has 0 aliphatic carbocycles. The Balaban J connectivity index is 1.78. The minimum absolute atomic E-state index is 0.0194. The summed E-state index contributed by atoms with van der Waals surface area (Å²) in [5, 5.41) is 0. The third-order valence-electron chi connectivity index (χ3n) is 6.44. The van der Waals surface area contributed by atoms with Crippen molar-refractivity contribution in [1.29, 1.82) is 0 Å². The van der Waals surface area contributed by atoms with E-state index in [1.54, 1.807) is 28.4 Å². The highest BCUT2D eigenvalue weighted by Gasteiger charge is 2.33. The first-order valence-corrected chi connectivity index (χ1v) is 11.3. The van der Waals surface area contributed by atoms with Gasteiger partial charge in [-0.25, -0.2) is 0 Å². The van der Waals surface area contributed by atoms with Crippen molar-refractivity contribution < 1.29 is 23.7 Å². The van der Waals surface area contributed by atoms with Gasteiger partial charge in [0.1, 0.15) is 0 Å². The average molecular weight is 462 g/mol. The third kappa shape index (κ3) is 4.53. The van der Waals surface area contributed by atoms with Crippen molar-refractivity contribution in [3.05, 3.63) is 82.4 Å². The molecule has 1 atom stereocenters. The topological polar surface area (TPSA) is 57.2 Å². The normalized spacial score (nSPS) is 14.9. The number of amides is 1. The van der Waals surface area contributed by atoms with E-state index in [1.165, 1.54) is 0 Å². The summed E-state index contributed by atoms with van der Waals surface area (Å²) in [6, 6.07) is 17.5. The summed E-state index contributed by atoms with van der Waals surface area (Å²) in [4.78, 5) is 15.6. The second-order valence-electron chi connectivity index (χ2n) is 8.43. The van der Waals surface area contributed by atoms with Crippen molar-refractivity contribution in [1.82, 2.24) is 4.90 Å². The monoisotopic (exact) mass is 461 g/mol. The van der Waals surface area contributed by atoms with Gasteiger partial charge in [0.25, 0.3) is 5.91 Å². The summed E-state index contributed by atoms with van der Waals surface area (Å²) in [6.07, 6.45) is 1.37.